The third-order valence-corrected chi connectivity index (χ3v) is 27.7. The van der Waals surface area contributed by atoms with Gasteiger partial charge in [0.1, 0.15) is 27.6 Å². The number of aromatic nitrogens is 12. The SMILES string of the molecule is NCCC(C(=O)Nc1nc(-c2ccncc2)cs1)c1ccc(Cl)c(Cl)c1.N[C@@H](C(=O)Nc1nc(-c2ccncc2)cs1)c1ccccc1.O=C(Cc1c(Cl)cccc1Cl)Nc1nc(-c2ccncc2)cs1.O=C(Cc1ccc(Cl)cc1Cl)Nc1nc(-c2ccncc2)cs1.O=C(Cc1nc(-c2ccncc2)cs1)Cc1cccc2ccccc12.O=C(Cc1nc(-c2ccncc2)cs1)Cc1ccccc1Cl. The molecule has 0 aliphatic carbocycles. The van der Waals surface area contributed by atoms with Gasteiger partial charge in [-0.1, -0.05) is 190 Å². The number of rotatable bonds is 28. The van der Waals surface area contributed by atoms with Crippen LogP contribution in [0.15, 0.2) is 331 Å². The van der Waals surface area contributed by atoms with Crippen molar-refractivity contribution < 1.29 is 28.8 Å². The van der Waals surface area contributed by atoms with Gasteiger partial charge in [0.25, 0.3) is 0 Å². The zero-order valence-electron chi connectivity index (χ0n) is 74.1. The van der Waals surface area contributed by atoms with Crippen LogP contribution in [0, 0.1) is 0 Å². The summed E-state index contributed by atoms with van der Waals surface area (Å²) in [6.45, 7) is 0.373. The van der Waals surface area contributed by atoms with Gasteiger partial charge in [-0.25, -0.2) is 29.9 Å². The molecule has 708 valence electrons. The molecule has 12 heterocycles. The molecule has 0 fully saturated rings. The highest BCUT2D eigenvalue weighted by Crippen LogP contribution is 2.35. The first-order chi connectivity index (χ1) is 68.6. The number of fused-ring (bicyclic) bond motifs is 1. The predicted octanol–water partition coefficient (Wildman–Crippen LogP) is 25.7. The number of halogens is 7. The van der Waals surface area contributed by atoms with Gasteiger partial charge < -0.3 is 32.7 Å². The number of thiazole rings is 6. The molecule has 24 nitrogen and oxygen atoms in total. The first-order valence-electron chi connectivity index (χ1n) is 43.0. The number of ketones is 2. The van der Waals surface area contributed by atoms with Crippen molar-refractivity contribution in [2.45, 2.75) is 56.9 Å². The van der Waals surface area contributed by atoms with Crippen LogP contribution in [0.1, 0.15) is 61.8 Å². The van der Waals surface area contributed by atoms with Gasteiger partial charge in [-0.3, -0.25) is 58.7 Å². The third-order valence-electron chi connectivity index (χ3n) is 20.6. The standard InChI is InChI=1S/C21H16N2OS.C18H16Cl2N4OS.C17H13ClN2OS.2C16H11Cl2N3OS.C16H14N4OS/c24-18(12-17-6-3-5-15-4-1-2-7-19(15)17)13-21-23-20(14-25-21)16-8-10-22-11-9-16;19-14-2-1-12(9-15(14)20)13(3-6-21)17(25)24-18-23-16(10-26-18)11-4-7-22-8-5-11;18-15-4-2-1-3-13(15)9-14(21)10-17-20-16(11-22-17)12-5-7-19-8-6-12;17-12-2-1-11(13(18)8-12)7-15(22)21-16-20-14(9-23-16)10-3-5-19-6-4-10;17-12-2-1-3-13(18)11(12)8-15(22)21-16-20-14(9-23-16)10-4-6-19-7-5-10;17-14(12-4-2-1-3-5-12)15(21)20-16-19-13(10-22-16)11-6-8-18-9-7-11/h1-11,14H,12-13H2;1-2,4-5,7-10,13H,3,6,21H2,(H,23,24,25);1-8,11H,9-10H2;1-6,8-9H,7H2,(H,20,21,22);1-7,9H,8H2,(H,20,21,22);1-10,14H,17H2,(H,19,20,21)/t;;;;;14-/m.....1/s1. The smallest absolute Gasteiger partial charge is 0.247 e. The lowest BCUT2D eigenvalue weighted by Crippen LogP contribution is -2.27. The van der Waals surface area contributed by atoms with Gasteiger partial charge in [-0.05, 0) is 172 Å². The van der Waals surface area contributed by atoms with Crippen LogP contribution < -0.4 is 32.7 Å². The Kier molecular flexibility index (Phi) is 38.7. The molecule has 7 aromatic carbocycles. The second-order valence-electron chi connectivity index (χ2n) is 30.4. The molecule has 4 amide bonds. The molecule has 0 saturated heterocycles. The third kappa shape index (κ3) is 31.1. The first kappa shape index (κ1) is 104. The fourth-order valence-corrected chi connectivity index (χ4v) is 19.7. The van der Waals surface area contributed by atoms with E-state index >= 15 is 0 Å². The Balaban J connectivity index is 0.000000135. The summed E-state index contributed by atoms with van der Waals surface area (Å²) in [6.07, 6.45) is 22.8. The number of pyridine rings is 6. The number of carbonyl (C=O) groups excluding carboxylic acids is 6. The summed E-state index contributed by atoms with van der Waals surface area (Å²) in [5.74, 6) is -0.967. The van der Waals surface area contributed by atoms with Crippen molar-refractivity contribution in [2.24, 2.45) is 11.5 Å². The molecule has 12 aromatic heterocycles. The number of nitrogens with two attached hydrogens (primary N) is 2. The summed E-state index contributed by atoms with van der Waals surface area (Å²) in [5, 5.41) is 32.3. The lowest BCUT2D eigenvalue weighted by molar-refractivity contribution is -0.118. The molecular weight excluding hydrogens is 2040 g/mol. The Morgan fingerprint density at radius 1 is 0.305 bits per heavy atom. The van der Waals surface area contributed by atoms with E-state index in [-0.39, 0.29) is 48.0 Å². The van der Waals surface area contributed by atoms with Crippen LogP contribution in [0.5, 0.6) is 0 Å². The summed E-state index contributed by atoms with van der Waals surface area (Å²) in [7, 11) is 0. The number of amides is 4. The van der Waals surface area contributed by atoms with E-state index in [0.29, 0.717) is 99.9 Å². The average molecular weight is 2120 g/mol. The molecule has 37 heteroatoms. The number of anilines is 4. The molecular formula is C104H81Cl7N18O6S6. The average Bonchev–Trinajstić information content (AvgIpc) is 1.77. The van der Waals surface area contributed by atoms with Crippen LogP contribution in [0.25, 0.3) is 78.3 Å². The normalized spacial score (nSPS) is 11.1. The Morgan fingerprint density at radius 3 is 1.13 bits per heavy atom. The second kappa shape index (κ2) is 52.8. The highest BCUT2D eigenvalue weighted by Gasteiger charge is 2.25. The summed E-state index contributed by atoms with van der Waals surface area (Å²) >= 11 is 50.7. The maximum Gasteiger partial charge on any atom is 0.247 e. The van der Waals surface area contributed by atoms with Crippen molar-refractivity contribution in [3.05, 3.63) is 410 Å². The molecule has 0 bridgehead atoms. The number of carbonyl (C=O) groups is 6. The molecule has 19 aromatic rings. The maximum absolute atomic E-state index is 12.8. The number of Topliss-reactive ketones (excluding diaryl/α,β-unsaturated/α-hetero) is 2. The van der Waals surface area contributed by atoms with Crippen LogP contribution in [0.3, 0.4) is 0 Å². The second-order valence-corrected chi connectivity index (χ2v) is 38.6. The Labute approximate surface area is 869 Å². The van der Waals surface area contributed by atoms with Gasteiger partial charge in [-0.2, -0.15) is 0 Å². The van der Waals surface area contributed by atoms with Crippen LogP contribution in [-0.4, -0.2) is 102 Å². The molecule has 0 radical (unpaired) electrons. The highest BCUT2D eigenvalue weighted by molar-refractivity contribution is 7.15. The molecule has 0 aliphatic rings. The fraction of sp³-hybridized carbons (Fsp3) is 0.0962. The van der Waals surface area contributed by atoms with Crippen LogP contribution in [0.4, 0.5) is 20.5 Å². The molecule has 2 atom stereocenters. The van der Waals surface area contributed by atoms with Crippen LogP contribution in [-0.2, 0) is 67.3 Å². The first-order valence-corrected chi connectivity index (χ1v) is 50.9. The molecule has 141 heavy (non-hydrogen) atoms. The van der Waals surface area contributed by atoms with E-state index in [0.717, 1.165) is 111 Å². The molecule has 0 spiro atoms. The minimum absolute atomic E-state index is 0.0999. The predicted molar refractivity (Wildman–Crippen MR) is 573 cm³/mol. The number of hydrogen-bond acceptors (Lipinski definition) is 26. The maximum atomic E-state index is 12.8. The Morgan fingerprint density at radius 2 is 0.681 bits per heavy atom. The number of benzene rings is 7. The van der Waals surface area contributed by atoms with Crippen LogP contribution in [0.2, 0.25) is 35.2 Å². The monoisotopic (exact) mass is 2110 g/mol. The van der Waals surface area contributed by atoms with Gasteiger partial charge >= 0.3 is 0 Å². The largest absolute Gasteiger partial charge is 0.330 e. The van der Waals surface area contributed by atoms with E-state index in [2.05, 4.69) is 99.3 Å². The van der Waals surface area contributed by atoms with E-state index < -0.39 is 12.0 Å². The van der Waals surface area contributed by atoms with Gasteiger partial charge in [0.05, 0.1) is 75.8 Å². The quantitative estimate of drug-likeness (QED) is 0.0265. The highest BCUT2D eigenvalue weighted by atomic mass is 35.5. The van der Waals surface area contributed by atoms with Gasteiger partial charge in [0.2, 0.25) is 23.6 Å². The van der Waals surface area contributed by atoms with Crippen molar-refractivity contribution in [1.82, 2.24) is 59.8 Å². The van der Waals surface area contributed by atoms with E-state index in [4.69, 9.17) is 92.7 Å². The van der Waals surface area contributed by atoms with E-state index in [9.17, 15) is 28.8 Å². The lowest BCUT2D eigenvalue weighted by Gasteiger charge is -2.16. The summed E-state index contributed by atoms with van der Waals surface area (Å²) in [5.41, 5.74) is 27.3. The van der Waals surface area contributed by atoms with Crippen molar-refractivity contribution >= 4 is 216 Å². The Hall–Kier alpha value is -13.4. The van der Waals surface area contributed by atoms with E-state index in [1.165, 1.54) is 73.4 Å². The Bertz CT molecular complexity index is 7370. The topological polar surface area (TPSA) is 357 Å². The van der Waals surface area contributed by atoms with Crippen molar-refractivity contribution in [1.29, 1.82) is 0 Å². The van der Waals surface area contributed by atoms with Crippen molar-refractivity contribution in [3.8, 4) is 67.5 Å². The van der Waals surface area contributed by atoms with E-state index in [1.54, 1.807) is 135 Å². The van der Waals surface area contributed by atoms with Crippen molar-refractivity contribution in [2.75, 3.05) is 27.8 Å². The van der Waals surface area contributed by atoms with Crippen LogP contribution >= 0.6 is 149 Å². The number of nitrogens with one attached hydrogen (secondary N) is 4. The summed E-state index contributed by atoms with van der Waals surface area (Å²) in [6, 6.07) is 68.3. The van der Waals surface area contributed by atoms with Gasteiger partial charge in [-0.15, -0.1) is 68.0 Å². The lowest BCUT2D eigenvalue weighted by atomic mass is 9.95. The number of nitrogens with zero attached hydrogens (tertiary/aromatic N) is 12. The summed E-state index contributed by atoms with van der Waals surface area (Å²) in [4.78, 5) is 125. The molecule has 0 aliphatic heterocycles. The van der Waals surface area contributed by atoms with E-state index in [1.807, 2.05) is 178 Å². The fourth-order valence-electron chi connectivity index (χ4n) is 13.6. The van der Waals surface area contributed by atoms with Crippen molar-refractivity contribution in [3.63, 3.8) is 0 Å². The zero-order valence-corrected chi connectivity index (χ0v) is 84.3. The molecule has 0 saturated carbocycles. The zero-order chi connectivity index (χ0) is 98.8. The summed E-state index contributed by atoms with van der Waals surface area (Å²) < 4.78 is 0. The minimum Gasteiger partial charge on any atom is -0.330 e. The number of hydrogen-bond donors (Lipinski definition) is 6. The minimum atomic E-state index is -0.713. The molecule has 1 unspecified atom stereocenters. The van der Waals surface area contributed by atoms with Gasteiger partial charge in [0, 0.05) is 178 Å². The molecule has 8 N–H and O–H groups in total. The van der Waals surface area contributed by atoms with Gasteiger partial charge in [0.15, 0.2) is 20.5 Å². The molecule has 19 rings (SSSR count).